The number of aliphatic imine (C=N–C) groups is 1. The van der Waals surface area contributed by atoms with Crippen molar-refractivity contribution in [2.24, 2.45) is 4.99 Å². The summed E-state index contributed by atoms with van der Waals surface area (Å²) in [4.78, 5) is 28.5. The van der Waals surface area contributed by atoms with Gasteiger partial charge in [-0.2, -0.15) is 0 Å². The van der Waals surface area contributed by atoms with Gasteiger partial charge in [-0.05, 0) is 12.3 Å². The molecule has 17 heavy (non-hydrogen) atoms. The number of fused-ring (bicyclic) bond motifs is 1. The van der Waals surface area contributed by atoms with E-state index >= 15 is 0 Å². The number of carboxylic acids is 1. The molecule has 0 spiro atoms. The first-order chi connectivity index (χ1) is 8.08. The zero-order valence-electron chi connectivity index (χ0n) is 9.34. The van der Waals surface area contributed by atoms with E-state index in [4.69, 9.17) is 5.11 Å². The predicted octanol–water partition coefficient (Wildman–Crippen LogP) is 0.226. The molecule has 2 N–H and O–H groups in total. The van der Waals surface area contributed by atoms with Crippen molar-refractivity contribution in [3.63, 3.8) is 0 Å². The lowest BCUT2D eigenvalue weighted by Gasteiger charge is -2.16. The molecule has 0 saturated heterocycles. The number of nitrogens with zero attached hydrogens (tertiary/aromatic N) is 2. The van der Waals surface area contributed by atoms with Gasteiger partial charge in [0.2, 0.25) is 5.91 Å². The minimum Gasteiger partial charge on any atom is -0.480 e. The van der Waals surface area contributed by atoms with Gasteiger partial charge in [0.25, 0.3) is 0 Å². The van der Waals surface area contributed by atoms with Gasteiger partial charge in [-0.1, -0.05) is 11.8 Å². The maximum atomic E-state index is 11.6. The molecule has 2 heterocycles. The maximum Gasteiger partial charge on any atom is 0.325 e. The zero-order valence-corrected chi connectivity index (χ0v) is 10.2. The van der Waals surface area contributed by atoms with Crippen LogP contribution in [0.3, 0.4) is 0 Å². The SMILES string of the molecule is CC(NC(=O)CC1=CSC2=NCCN12)C(=O)O. The molecule has 0 aliphatic carbocycles. The van der Waals surface area contributed by atoms with E-state index < -0.39 is 12.0 Å². The van der Waals surface area contributed by atoms with Crippen molar-refractivity contribution in [3.05, 3.63) is 11.1 Å². The summed E-state index contributed by atoms with van der Waals surface area (Å²) < 4.78 is 0. The lowest BCUT2D eigenvalue weighted by molar-refractivity contribution is -0.141. The molecule has 2 rings (SSSR count). The first kappa shape index (κ1) is 12.0. The second-order valence-corrected chi connectivity index (χ2v) is 4.68. The first-order valence-corrected chi connectivity index (χ1v) is 6.16. The molecule has 2 aliphatic rings. The van der Waals surface area contributed by atoms with Gasteiger partial charge in [-0.3, -0.25) is 14.6 Å². The fraction of sp³-hybridized carbons (Fsp3) is 0.500. The van der Waals surface area contributed by atoms with Crippen LogP contribution < -0.4 is 5.32 Å². The number of thioether (sulfide) groups is 1. The number of aliphatic carboxylic acids is 1. The lowest BCUT2D eigenvalue weighted by atomic mass is 10.2. The third kappa shape index (κ3) is 2.60. The maximum absolute atomic E-state index is 11.6. The zero-order chi connectivity index (χ0) is 12.4. The highest BCUT2D eigenvalue weighted by Gasteiger charge is 2.27. The Morgan fingerprint density at radius 3 is 3.18 bits per heavy atom. The molecule has 0 aromatic rings. The Hall–Kier alpha value is -1.50. The molecular weight excluding hydrogens is 242 g/mol. The van der Waals surface area contributed by atoms with Crippen molar-refractivity contribution >= 4 is 28.8 Å². The van der Waals surface area contributed by atoms with Crippen LogP contribution >= 0.6 is 11.8 Å². The largest absolute Gasteiger partial charge is 0.480 e. The van der Waals surface area contributed by atoms with E-state index in [1.807, 2.05) is 10.3 Å². The predicted molar refractivity (Wildman–Crippen MR) is 64.5 cm³/mol. The number of carboxylic acid groups (broad SMARTS) is 1. The van der Waals surface area contributed by atoms with Crippen LogP contribution in [0.4, 0.5) is 0 Å². The molecule has 1 amide bonds. The van der Waals surface area contributed by atoms with Crippen LogP contribution in [0.1, 0.15) is 13.3 Å². The van der Waals surface area contributed by atoms with Gasteiger partial charge in [0.1, 0.15) is 6.04 Å². The molecule has 2 aliphatic heterocycles. The molecule has 6 nitrogen and oxygen atoms in total. The minimum atomic E-state index is -1.03. The fourth-order valence-electron chi connectivity index (χ4n) is 1.63. The number of amides is 1. The van der Waals surface area contributed by atoms with E-state index in [1.165, 1.54) is 18.7 Å². The van der Waals surface area contributed by atoms with Crippen LogP contribution in [0.25, 0.3) is 0 Å². The van der Waals surface area contributed by atoms with E-state index in [1.54, 1.807) is 0 Å². The van der Waals surface area contributed by atoms with Gasteiger partial charge in [0.15, 0.2) is 5.17 Å². The summed E-state index contributed by atoms with van der Waals surface area (Å²) in [7, 11) is 0. The topological polar surface area (TPSA) is 82.0 Å². The number of rotatable bonds is 4. The van der Waals surface area contributed by atoms with Crippen LogP contribution in [0.5, 0.6) is 0 Å². The summed E-state index contributed by atoms with van der Waals surface area (Å²) in [5.41, 5.74) is 0.890. The van der Waals surface area contributed by atoms with E-state index in [0.29, 0.717) is 0 Å². The summed E-state index contributed by atoms with van der Waals surface area (Å²) in [6.07, 6.45) is 0.198. The van der Waals surface area contributed by atoms with Crippen LogP contribution in [-0.4, -0.2) is 46.2 Å². The van der Waals surface area contributed by atoms with Crippen molar-refractivity contribution in [2.75, 3.05) is 13.1 Å². The quantitative estimate of drug-likeness (QED) is 0.751. The summed E-state index contributed by atoms with van der Waals surface area (Å²) in [5, 5.41) is 13.9. The average molecular weight is 255 g/mol. The Kier molecular flexibility index (Phi) is 3.37. The van der Waals surface area contributed by atoms with Gasteiger partial charge in [-0.25, -0.2) is 0 Å². The third-order valence-electron chi connectivity index (χ3n) is 2.54. The van der Waals surface area contributed by atoms with Gasteiger partial charge >= 0.3 is 5.97 Å². The molecule has 0 aromatic heterocycles. The van der Waals surface area contributed by atoms with Crippen molar-refractivity contribution in [3.8, 4) is 0 Å². The molecular formula is C10H13N3O3S. The normalized spacial score (nSPS) is 19.5. The summed E-state index contributed by atoms with van der Waals surface area (Å²) in [6, 6.07) is -0.858. The summed E-state index contributed by atoms with van der Waals surface area (Å²) in [6.45, 7) is 3.00. The van der Waals surface area contributed by atoms with E-state index in [0.717, 1.165) is 24.0 Å². The highest BCUT2D eigenvalue weighted by Crippen LogP contribution is 2.30. The van der Waals surface area contributed by atoms with Gasteiger partial charge < -0.3 is 15.3 Å². The molecule has 0 fully saturated rings. The lowest BCUT2D eigenvalue weighted by Crippen LogP contribution is -2.39. The Balaban J connectivity index is 1.88. The van der Waals surface area contributed by atoms with E-state index in [-0.39, 0.29) is 12.3 Å². The molecule has 92 valence electrons. The number of carbonyl (C=O) groups is 2. The summed E-state index contributed by atoms with van der Waals surface area (Å²) in [5.74, 6) is -1.31. The Morgan fingerprint density at radius 1 is 1.71 bits per heavy atom. The Morgan fingerprint density at radius 2 is 2.47 bits per heavy atom. The average Bonchev–Trinajstić information content (AvgIpc) is 2.82. The summed E-state index contributed by atoms with van der Waals surface area (Å²) >= 11 is 1.51. The molecule has 0 aromatic carbocycles. The van der Waals surface area contributed by atoms with E-state index in [2.05, 4.69) is 10.3 Å². The number of amidine groups is 1. The monoisotopic (exact) mass is 255 g/mol. The molecule has 1 unspecified atom stereocenters. The fourth-order valence-corrected chi connectivity index (χ4v) is 2.59. The van der Waals surface area contributed by atoms with Crippen molar-refractivity contribution in [1.82, 2.24) is 10.2 Å². The molecule has 7 heteroatoms. The number of nitrogens with one attached hydrogen (secondary N) is 1. The van der Waals surface area contributed by atoms with Crippen molar-refractivity contribution in [1.29, 1.82) is 0 Å². The van der Waals surface area contributed by atoms with Crippen LogP contribution in [0.15, 0.2) is 16.1 Å². The van der Waals surface area contributed by atoms with Crippen LogP contribution in [-0.2, 0) is 9.59 Å². The number of carbonyl (C=O) groups excluding carboxylic acids is 1. The Labute approximate surface area is 103 Å². The molecule has 0 bridgehead atoms. The molecule has 0 radical (unpaired) electrons. The standard InChI is InChI=1S/C10H13N3O3S/c1-6(9(15)16)12-8(14)4-7-5-17-10-11-2-3-13(7)10/h5-6H,2-4H2,1H3,(H,12,14)(H,15,16). The highest BCUT2D eigenvalue weighted by molar-refractivity contribution is 8.16. The second-order valence-electron chi connectivity index (χ2n) is 3.85. The van der Waals surface area contributed by atoms with Gasteiger partial charge in [0.05, 0.1) is 13.0 Å². The van der Waals surface area contributed by atoms with E-state index in [9.17, 15) is 9.59 Å². The second kappa shape index (κ2) is 4.79. The number of hydrogen-bond donors (Lipinski definition) is 2. The molecule has 1 atom stereocenters. The molecule has 0 saturated carbocycles. The van der Waals surface area contributed by atoms with Crippen molar-refractivity contribution < 1.29 is 14.7 Å². The highest BCUT2D eigenvalue weighted by atomic mass is 32.2. The van der Waals surface area contributed by atoms with Crippen LogP contribution in [0.2, 0.25) is 0 Å². The smallest absolute Gasteiger partial charge is 0.325 e. The minimum absolute atomic E-state index is 0.198. The Bertz CT molecular complexity index is 419. The van der Waals surface area contributed by atoms with Crippen LogP contribution in [0, 0.1) is 0 Å². The van der Waals surface area contributed by atoms with Gasteiger partial charge in [0, 0.05) is 12.2 Å². The van der Waals surface area contributed by atoms with Gasteiger partial charge in [-0.15, -0.1) is 0 Å². The number of hydrogen-bond acceptors (Lipinski definition) is 5. The first-order valence-electron chi connectivity index (χ1n) is 5.28. The van der Waals surface area contributed by atoms with Crippen molar-refractivity contribution in [2.45, 2.75) is 19.4 Å². The third-order valence-corrected chi connectivity index (χ3v) is 3.49.